The first-order valence-electron chi connectivity index (χ1n) is 6.87. The Morgan fingerprint density at radius 3 is 2.24 bits per heavy atom. The van der Waals surface area contributed by atoms with Gasteiger partial charge >= 0.3 is 6.18 Å². The van der Waals surface area contributed by atoms with Gasteiger partial charge in [0.1, 0.15) is 11.6 Å². The second-order valence-electron chi connectivity index (χ2n) is 5.82. The molecule has 0 radical (unpaired) electrons. The Labute approximate surface area is 123 Å². The van der Waals surface area contributed by atoms with Gasteiger partial charge in [0.15, 0.2) is 0 Å². The van der Waals surface area contributed by atoms with Gasteiger partial charge in [-0.2, -0.15) is 18.2 Å². The molecule has 1 rings (SSSR count). The van der Waals surface area contributed by atoms with Crippen LogP contribution in [0.1, 0.15) is 45.5 Å². The monoisotopic (exact) mass is 305 g/mol. The molecule has 1 aromatic rings. The highest BCUT2D eigenvalue weighted by atomic mass is 19.4. The Balaban J connectivity index is 3.03. The van der Waals surface area contributed by atoms with Crippen LogP contribution in [0, 0.1) is 6.92 Å². The van der Waals surface area contributed by atoms with Gasteiger partial charge in [0, 0.05) is 12.0 Å². The second kappa shape index (κ2) is 6.49. The molecule has 0 saturated heterocycles. The van der Waals surface area contributed by atoms with E-state index < -0.39 is 19.2 Å². The zero-order chi connectivity index (χ0) is 16.3. The van der Waals surface area contributed by atoms with Crippen LogP contribution in [0.4, 0.5) is 19.0 Å². The molecule has 1 N–H and O–H groups in total. The fourth-order valence-corrected chi connectivity index (χ4v) is 1.58. The summed E-state index contributed by atoms with van der Waals surface area (Å²) in [5, 5.41) is 3.08. The van der Waals surface area contributed by atoms with E-state index in [-0.39, 0.29) is 11.3 Å². The Morgan fingerprint density at radius 1 is 1.14 bits per heavy atom. The van der Waals surface area contributed by atoms with E-state index in [9.17, 15) is 13.2 Å². The summed E-state index contributed by atoms with van der Waals surface area (Å²) in [5.74, 6) is 1.33. The first-order valence-corrected chi connectivity index (χ1v) is 6.87. The van der Waals surface area contributed by atoms with E-state index in [0.717, 1.165) is 0 Å². The van der Waals surface area contributed by atoms with Crippen LogP contribution in [0.5, 0.6) is 5.88 Å². The van der Waals surface area contributed by atoms with Crippen LogP contribution in [0.3, 0.4) is 0 Å². The van der Waals surface area contributed by atoms with Crippen molar-refractivity contribution in [2.75, 3.05) is 18.5 Å². The maximum atomic E-state index is 12.2. The number of hydrogen-bond donors (Lipinski definition) is 1. The van der Waals surface area contributed by atoms with Crippen LogP contribution in [-0.2, 0) is 5.41 Å². The number of aromatic nitrogens is 2. The molecule has 0 unspecified atom stereocenters. The SMILES string of the molecule is CCNc1nc(C(C)(C)C)nc(OCCC(F)(F)F)c1C. The van der Waals surface area contributed by atoms with Gasteiger partial charge < -0.3 is 10.1 Å². The molecule has 0 amide bonds. The minimum atomic E-state index is -4.24. The number of hydrogen-bond acceptors (Lipinski definition) is 4. The summed E-state index contributed by atoms with van der Waals surface area (Å²) < 4.78 is 41.8. The molecule has 0 aliphatic carbocycles. The predicted octanol–water partition coefficient (Wildman–Crippen LogP) is 3.85. The molecule has 1 aromatic heterocycles. The standard InChI is InChI=1S/C14H22F3N3O/c1-6-18-10-9(2)11(21-8-7-14(15,16)17)20-12(19-10)13(3,4)5/h6-8H2,1-5H3,(H,18,19,20). The number of ether oxygens (including phenoxy) is 1. The molecule has 0 fully saturated rings. The van der Waals surface area contributed by atoms with Crippen LogP contribution in [0.15, 0.2) is 0 Å². The van der Waals surface area contributed by atoms with Gasteiger partial charge in [0.25, 0.3) is 0 Å². The first-order chi connectivity index (χ1) is 9.54. The van der Waals surface area contributed by atoms with Crippen molar-refractivity contribution >= 4 is 5.82 Å². The molecule has 21 heavy (non-hydrogen) atoms. The van der Waals surface area contributed by atoms with E-state index in [2.05, 4.69) is 15.3 Å². The lowest BCUT2D eigenvalue weighted by Gasteiger charge is -2.20. The average molecular weight is 305 g/mol. The van der Waals surface area contributed by atoms with Gasteiger partial charge in [0.2, 0.25) is 5.88 Å². The van der Waals surface area contributed by atoms with Gasteiger partial charge in [-0.3, -0.25) is 0 Å². The predicted molar refractivity (Wildman–Crippen MR) is 75.8 cm³/mol. The second-order valence-corrected chi connectivity index (χ2v) is 5.82. The van der Waals surface area contributed by atoms with Gasteiger partial charge in [-0.25, -0.2) is 4.98 Å². The molecule has 7 heteroatoms. The summed E-state index contributed by atoms with van der Waals surface area (Å²) in [6, 6.07) is 0. The van der Waals surface area contributed by atoms with E-state index in [0.29, 0.717) is 23.8 Å². The number of nitrogens with zero attached hydrogens (tertiary/aromatic N) is 2. The van der Waals surface area contributed by atoms with Crippen molar-refractivity contribution < 1.29 is 17.9 Å². The van der Waals surface area contributed by atoms with Crippen LogP contribution in [0.2, 0.25) is 0 Å². The van der Waals surface area contributed by atoms with E-state index in [1.165, 1.54) is 0 Å². The molecule has 0 spiro atoms. The number of anilines is 1. The minimum Gasteiger partial charge on any atom is -0.477 e. The third kappa shape index (κ3) is 5.40. The zero-order valence-corrected chi connectivity index (χ0v) is 13.1. The van der Waals surface area contributed by atoms with E-state index in [4.69, 9.17) is 4.74 Å². The topological polar surface area (TPSA) is 47.0 Å². The molecular weight excluding hydrogens is 283 g/mol. The quantitative estimate of drug-likeness (QED) is 0.897. The fraction of sp³-hybridized carbons (Fsp3) is 0.714. The van der Waals surface area contributed by atoms with Crippen LogP contribution < -0.4 is 10.1 Å². The highest BCUT2D eigenvalue weighted by Gasteiger charge is 2.27. The maximum absolute atomic E-state index is 12.2. The highest BCUT2D eigenvalue weighted by molar-refractivity contribution is 5.49. The number of halogens is 3. The Hall–Kier alpha value is -1.53. The molecule has 0 bridgehead atoms. The van der Waals surface area contributed by atoms with Crippen molar-refractivity contribution in [3.63, 3.8) is 0 Å². The summed E-state index contributed by atoms with van der Waals surface area (Å²) in [6.45, 7) is 9.67. The minimum absolute atomic E-state index is 0.204. The lowest BCUT2D eigenvalue weighted by molar-refractivity contribution is -0.139. The largest absolute Gasteiger partial charge is 0.477 e. The van der Waals surface area contributed by atoms with Gasteiger partial charge in [0.05, 0.1) is 18.6 Å². The first kappa shape index (κ1) is 17.5. The van der Waals surface area contributed by atoms with E-state index >= 15 is 0 Å². The lowest BCUT2D eigenvalue weighted by atomic mass is 9.95. The fourth-order valence-electron chi connectivity index (χ4n) is 1.58. The number of rotatable bonds is 5. The molecule has 4 nitrogen and oxygen atoms in total. The Kier molecular flexibility index (Phi) is 5.42. The molecule has 0 saturated carbocycles. The third-order valence-electron chi connectivity index (χ3n) is 2.74. The molecule has 1 heterocycles. The normalized spacial score (nSPS) is 12.4. The highest BCUT2D eigenvalue weighted by Crippen LogP contribution is 2.28. The molecule has 0 aromatic carbocycles. The third-order valence-corrected chi connectivity index (χ3v) is 2.74. The van der Waals surface area contributed by atoms with Gasteiger partial charge in [-0.1, -0.05) is 20.8 Å². The van der Waals surface area contributed by atoms with Gasteiger partial charge in [-0.15, -0.1) is 0 Å². The van der Waals surface area contributed by atoms with Crippen LogP contribution in [0.25, 0.3) is 0 Å². The van der Waals surface area contributed by atoms with Crippen molar-refractivity contribution in [3.05, 3.63) is 11.4 Å². The summed E-state index contributed by atoms with van der Waals surface area (Å²) in [6.07, 6.45) is -5.24. The summed E-state index contributed by atoms with van der Waals surface area (Å²) in [5.41, 5.74) is 0.298. The van der Waals surface area contributed by atoms with E-state index in [1.807, 2.05) is 27.7 Å². The molecule has 0 aliphatic heterocycles. The lowest BCUT2D eigenvalue weighted by Crippen LogP contribution is -2.20. The van der Waals surface area contributed by atoms with Crippen molar-refractivity contribution in [1.82, 2.24) is 9.97 Å². The maximum Gasteiger partial charge on any atom is 0.392 e. The number of nitrogens with one attached hydrogen (secondary N) is 1. The van der Waals surface area contributed by atoms with Crippen molar-refractivity contribution in [2.45, 2.75) is 52.6 Å². The summed E-state index contributed by atoms with van der Waals surface area (Å²) in [4.78, 5) is 8.69. The molecule has 0 aliphatic rings. The van der Waals surface area contributed by atoms with Crippen molar-refractivity contribution in [3.8, 4) is 5.88 Å². The zero-order valence-electron chi connectivity index (χ0n) is 13.1. The van der Waals surface area contributed by atoms with E-state index in [1.54, 1.807) is 6.92 Å². The van der Waals surface area contributed by atoms with Crippen molar-refractivity contribution in [2.24, 2.45) is 0 Å². The number of alkyl halides is 3. The van der Waals surface area contributed by atoms with Gasteiger partial charge in [-0.05, 0) is 13.8 Å². The smallest absolute Gasteiger partial charge is 0.392 e. The molecule has 0 atom stereocenters. The molecule has 120 valence electrons. The average Bonchev–Trinajstić information content (AvgIpc) is 2.31. The molecular formula is C14H22F3N3O. The van der Waals surface area contributed by atoms with Crippen molar-refractivity contribution in [1.29, 1.82) is 0 Å². The summed E-state index contributed by atoms with van der Waals surface area (Å²) in [7, 11) is 0. The summed E-state index contributed by atoms with van der Waals surface area (Å²) >= 11 is 0. The Morgan fingerprint density at radius 2 is 1.76 bits per heavy atom. The Bertz CT molecular complexity index is 482. The van der Waals surface area contributed by atoms with Crippen LogP contribution >= 0.6 is 0 Å². The van der Waals surface area contributed by atoms with Crippen LogP contribution in [-0.4, -0.2) is 29.3 Å².